The predicted octanol–water partition coefficient (Wildman–Crippen LogP) is 2.11. The highest BCUT2D eigenvalue weighted by Gasteiger charge is 2.02. The van der Waals surface area contributed by atoms with Crippen molar-refractivity contribution in [3.05, 3.63) is 35.1 Å². The maximum Gasteiger partial charge on any atom is 0.124 e. The van der Waals surface area contributed by atoms with E-state index in [4.69, 9.17) is 14.6 Å². The molecule has 1 rings (SSSR count). The molecule has 0 radical (unpaired) electrons. The van der Waals surface area contributed by atoms with Crippen LogP contribution in [0.2, 0.25) is 0 Å². The van der Waals surface area contributed by atoms with Crippen LogP contribution in [0.15, 0.2) is 18.2 Å². The smallest absolute Gasteiger partial charge is 0.124 e. The zero-order valence-corrected chi connectivity index (χ0v) is 11.1. The van der Waals surface area contributed by atoms with Crippen molar-refractivity contribution in [1.82, 2.24) is 0 Å². The van der Waals surface area contributed by atoms with Crippen molar-refractivity contribution in [2.75, 3.05) is 26.4 Å². The summed E-state index contributed by atoms with van der Waals surface area (Å²) in [5.74, 6) is 5.30. The molecule has 0 aliphatic carbocycles. The van der Waals surface area contributed by atoms with E-state index in [2.05, 4.69) is 11.8 Å². The summed E-state index contributed by atoms with van der Waals surface area (Å²) in [5.41, 5.74) is 1.44. The first-order valence-corrected chi connectivity index (χ1v) is 6.31. The van der Waals surface area contributed by atoms with Gasteiger partial charge in [-0.2, -0.15) is 0 Å². The second kappa shape index (κ2) is 9.51. The van der Waals surface area contributed by atoms with Crippen LogP contribution in [0.25, 0.3) is 0 Å². The summed E-state index contributed by atoms with van der Waals surface area (Å²) >= 11 is 0. The van der Waals surface area contributed by atoms with Crippen molar-refractivity contribution >= 4 is 0 Å². The Morgan fingerprint density at radius 3 is 2.79 bits per heavy atom. The number of hydrogen-bond donors (Lipinski definition) is 1. The highest BCUT2D eigenvalue weighted by molar-refractivity contribution is 5.41. The molecule has 4 heteroatoms. The van der Waals surface area contributed by atoms with Crippen LogP contribution in [0.3, 0.4) is 0 Å². The lowest BCUT2D eigenvalue weighted by molar-refractivity contribution is 0.0452. The third kappa shape index (κ3) is 6.35. The highest BCUT2D eigenvalue weighted by atomic mass is 19.1. The van der Waals surface area contributed by atoms with Gasteiger partial charge < -0.3 is 14.6 Å². The molecule has 0 unspecified atom stereocenters. The molecule has 0 fully saturated rings. The summed E-state index contributed by atoms with van der Waals surface area (Å²) in [6.07, 6.45) is 0.376. The van der Waals surface area contributed by atoms with Crippen LogP contribution in [0.4, 0.5) is 4.39 Å². The minimum Gasteiger partial charge on any atom is -0.395 e. The van der Waals surface area contributed by atoms with Gasteiger partial charge in [-0.15, -0.1) is 0 Å². The van der Waals surface area contributed by atoms with Crippen LogP contribution < -0.4 is 0 Å². The lowest BCUT2D eigenvalue weighted by Crippen LogP contribution is -2.05. The van der Waals surface area contributed by atoms with Crippen molar-refractivity contribution < 1.29 is 19.0 Å². The lowest BCUT2D eigenvalue weighted by Gasteiger charge is -2.07. The number of rotatable bonds is 7. The molecule has 0 saturated carbocycles. The fourth-order valence-electron chi connectivity index (χ4n) is 1.45. The summed E-state index contributed by atoms with van der Waals surface area (Å²) in [7, 11) is 0. The van der Waals surface area contributed by atoms with Crippen LogP contribution in [-0.2, 0) is 16.1 Å². The van der Waals surface area contributed by atoms with Crippen molar-refractivity contribution in [1.29, 1.82) is 0 Å². The van der Waals surface area contributed by atoms with Crippen molar-refractivity contribution in [3.63, 3.8) is 0 Å². The minimum absolute atomic E-state index is 0.00249. The number of hydrogen-bond acceptors (Lipinski definition) is 3. The van der Waals surface area contributed by atoms with Gasteiger partial charge in [-0.05, 0) is 24.6 Å². The maximum absolute atomic E-state index is 13.2. The Hall–Kier alpha value is -1.41. The molecule has 0 aliphatic rings. The molecule has 1 N–H and O–H groups in total. The molecule has 0 atom stereocenters. The van der Waals surface area contributed by atoms with Gasteiger partial charge in [-0.3, -0.25) is 0 Å². The average molecular weight is 266 g/mol. The molecule has 1 aromatic rings. The van der Waals surface area contributed by atoms with Crippen molar-refractivity contribution in [3.8, 4) is 11.8 Å². The van der Waals surface area contributed by atoms with Gasteiger partial charge in [-0.1, -0.05) is 17.9 Å². The number of aliphatic hydroxyl groups excluding tert-OH is 1. The van der Waals surface area contributed by atoms with Gasteiger partial charge in [0.05, 0.1) is 26.4 Å². The van der Waals surface area contributed by atoms with E-state index in [1.165, 1.54) is 12.1 Å². The van der Waals surface area contributed by atoms with Crippen LogP contribution in [0, 0.1) is 17.7 Å². The van der Waals surface area contributed by atoms with Gasteiger partial charge in [-0.25, -0.2) is 4.39 Å². The largest absolute Gasteiger partial charge is 0.395 e. The van der Waals surface area contributed by atoms with E-state index in [0.717, 1.165) is 5.56 Å². The van der Waals surface area contributed by atoms with E-state index in [-0.39, 0.29) is 12.4 Å². The van der Waals surface area contributed by atoms with Gasteiger partial charge in [0.1, 0.15) is 5.82 Å². The van der Waals surface area contributed by atoms with Crippen LogP contribution in [-0.4, -0.2) is 31.5 Å². The first-order chi connectivity index (χ1) is 9.27. The Balaban J connectivity index is 2.59. The molecular weight excluding hydrogens is 247 g/mol. The molecule has 0 saturated heterocycles. The number of benzene rings is 1. The molecular formula is C15H19FO3. The minimum atomic E-state index is -0.327. The topological polar surface area (TPSA) is 38.7 Å². The summed E-state index contributed by atoms with van der Waals surface area (Å²) in [6, 6.07) is 4.43. The molecule has 0 amide bonds. The van der Waals surface area contributed by atoms with Crippen LogP contribution in [0.5, 0.6) is 0 Å². The second-order valence-corrected chi connectivity index (χ2v) is 3.83. The lowest BCUT2D eigenvalue weighted by atomic mass is 10.1. The molecule has 3 nitrogen and oxygen atoms in total. The Labute approximate surface area is 113 Å². The van der Waals surface area contributed by atoms with E-state index in [1.54, 1.807) is 6.07 Å². The molecule has 104 valence electrons. The van der Waals surface area contributed by atoms with Crippen molar-refractivity contribution in [2.45, 2.75) is 20.0 Å². The number of aliphatic hydroxyl groups is 1. The Kier molecular flexibility index (Phi) is 7.83. The normalized spacial score (nSPS) is 10.1. The molecule has 1 aromatic carbocycles. The van der Waals surface area contributed by atoms with Gasteiger partial charge >= 0.3 is 0 Å². The van der Waals surface area contributed by atoms with E-state index in [0.29, 0.717) is 38.4 Å². The van der Waals surface area contributed by atoms with Gasteiger partial charge in [0, 0.05) is 18.6 Å². The first-order valence-electron chi connectivity index (χ1n) is 6.31. The molecule has 0 heterocycles. The van der Waals surface area contributed by atoms with E-state index < -0.39 is 0 Å². The number of ether oxygens (including phenoxy) is 2. The summed E-state index contributed by atoms with van der Waals surface area (Å²) in [4.78, 5) is 0. The van der Waals surface area contributed by atoms with Crippen LogP contribution >= 0.6 is 0 Å². The predicted molar refractivity (Wildman–Crippen MR) is 71.1 cm³/mol. The zero-order chi connectivity index (χ0) is 13.9. The summed E-state index contributed by atoms with van der Waals surface area (Å²) in [5, 5.41) is 8.68. The highest BCUT2D eigenvalue weighted by Crippen LogP contribution is 2.11. The van der Waals surface area contributed by atoms with Gasteiger partial charge in [0.2, 0.25) is 0 Å². The average Bonchev–Trinajstić information content (AvgIpc) is 2.41. The quantitative estimate of drug-likeness (QED) is 0.607. The summed E-state index contributed by atoms with van der Waals surface area (Å²) in [6.45, 7) is 4.00. The van der Waals surface area contributed by atoms with Gasteiger partial charge in [0.15, 0.2) is 0 Å². The zero-order valence-electron chi connectivity index (χ0n) is 11.1. The Morgan fingerprint density at radius 1 is 1.26 bits per heavy atom. The molecule has 0 bridgehead atoms. The van der Waals surface area contributed by atoms with Gasteiger partial charge in [0.25, 0.3) is 0 Å². The SMILES string of the molecule is CCOCCOCc1ccc(F)cc1C#CCCO. The Bertz CT molecular complexity index is 435. The second-order valence-electron chi connectivity index (χ2n) is 3.83. The van der Waals surface area contributed by atoms with E-state index in [1.807, 2.05) is 6.92 Å². The first kappa shape index (κ1) is 15.6. The molecule has 0 aliphatic heterocycles. The fourth-order valence-corrected chi connectivity index (χ4v) is 1.45. The summed E-state index contributed by atoms with van der Waals surface area (Å²) < 4.78 is 23.8. The monoisotopic (exact) mass is 266 g/mol. The van der Waals surface area contributed by atoms with Crippen LogP contribution in [0.1, 0.15) is 24.5 Å². The number of halogens is 1. The molecule has 0 spiro atoms. The fraction of sp³-hybridized carbons (Fsp3) is 0.467. The maximum atomic E-state index is 13.2. The standard InChI is InChI=1S/C15H19FO3/c1-2-18-9-10-19-12-14-6-7-15(16)11-13(14)5-3-4-8-17/h6-7,11,17H,2,4,8-10,12H2,1H3. The van der Waals surface area contributed by atoms with Crippen molar-refractivity contribution in [2.24, 2.45) is 0 Å². The Morgan fingerprint density at radius 2 is 2.05 bits per heavy atom. The molecule has 19 heavy (non-hydrogen) atoms. The molecule has 0 aromatic heterocycles. The van der Waals surface area contributed by atoms with E-state index >= 15 is 0 Å². The van der Waals surface area contributed by atoms with E-state index in [9.17, 15) is 4.39 Å². The third-order valence-corrected chi connectivity index (χ3v) is 2.37. The third-order valence-electron chi connectivity index (χ3n) is 2.37.